The van der Waals surface area contributed by atoms with Gasteiger partial charge in [0, 0.05) is 13.1 Å². The number of hydrogen-bond acceptors (Lipinski definition) is 2. The van der Waals surface area contributed by atoms with E-state index in [-0.39, 0.29) is 24.4 Å². The standard InChI is InChI=1S/C13H17F3N2O/c1-2-3-18-13(19)9(7-17)4-8-5-10(14)12(16)11(15)6-8/h5-6,9H,2-4,7,17H2,1H3,(H,18,19). The van der Waals surface area contributed by atoms with Crippen molar-refractivity contribution in [1.82, 2.24) is 5.32 Å². The van der Waals surface area contributed by atoms with Gasteiger partial charge >= 0.3 is 0 Å². The zero-order valence-electron chi connectivity index (χ0n) is 10.7. The smallest absolute Gasteiger partial charge is 0.224 e. The van der Waals surface area contributed by atoms with Crippen LogP contribution in [0, 0.1) is 23.4 Å². The number of carbonyl (C=O) groups is 1. The molecule has 1 aromatic carbocycles. The van der Waals surface area contributed by atoms with Gasteiger partial charge in [0.15, 0.2) is 17.5 Å². The normalized spacial score (nSPS) is 12.3. The SMILES string of the molecule is CCCNC(=O)C(CN)Cc1cc(F)c(F)c(F)c1. The third-order valence-electron chi connectivity index (χ3n) is 2.73. The van der Waals surface area contributed by atoms with E-state index in [0.29, 0.717) is 6.54 Å². The molecule has 1 atom stereocenters. The van der Waals surface area contributed by atoms with Crippen molar-refractivity contribution in [1.29, 1.82) is 0 Å². The van der Waals surface area contributed by atoms with E-state index < -0.39 is 23.4 Å². The fraction of sp³-hybridized carbons (Fsp3) is 0.462. The molecule has 0 aliphatic rings. The fourth-order valence-corrected chi connectivity index (χ4v) is 1.69. The van der Waals surface area contributed by atoms with Crippen LogP contribution < -0.4 is 11.1 Å². The lowest BCUT2D eigenvalue weighted by atomic mass is 9.98. The lowest BCUT2D eigenvalue weighted by Gasteiger charge is -2.15. The van der Waals surface area contributed by atoms with Crippen LogP contribution >= 0.6 is 0 Å². The van der Waals surface area contributed by atoms with Crippen molar-refractivity contribution in [3.63, 3.8) is 0 Å². The number of rotatable bonds is 6. The number of benzene rings is 1. The predicted molar refractivity (Wildman–Crippen MR) is 65.9 cm³/mol. The van der Waals surface area contributed by atoms with Gasteiger partial charge in [-0.05, 0) is 30.5 Å². The Morgan fingerprint density at radius 1 is 1.32 bits per heavy atom. The summed E-state index contributed by atoms with van der Waals surface area (Å²) in [6.07, 6.45) is 0.850. The maximum absolute atomic E-state index is 13.1. The third kappa shape index (κ3) is 4.24. The molecule has 1 rings (SSSR count). The first-order chi connectivity index (χ1) is 8.99. The maximum atomic E-state index is 13.1. The first-order valence-electron chi connectivity index (χ1n) is 6.10. The minimum atomic E-state index is -1.51. The minimum Gasteiger partial charge on any atom is -0.356 e. The van der Waals surface area contributed by atoms with Gasteiger partial charge in [-0.3, -0.25) is 4.79 Å². The van der Waals surface area contributed by atoms with Crippen LogP contribution in [0.3, 0.4) is 0 Å². The molecule has 0 spiro atoms. The van der Waals surface area contributed by atoms with Crippen LogP contribution in [0.25, 0.3) is 0 Å². The lowest BCUT2D eigenvalue weighted by Crippen LogP contribution is -2.36. The zero-order chi connectivity index (χ0) is 14.4. The van der Waals surface area contributed by atoms with Gasteiger partial charge in [-0.25, -0.2) is 13.2 Å². The van der Waals surface area contributed by atoms with Crippen molar-refractivity contribution < 1.29 is 18.0 Å². The largest absolute Gasteiger partial charge is 0.356 e. The molecule has 0 radical (unpaired) electrons. The Kier molecular flexibility index (Phi) is 5.82. The van der Waals surface area contributed by atoms with Crippen molar-refractivity contribution in [2.45, 2.75) is 19.8 Å². The van der Waals surface area contributed by atoms with Crippen LogP contribution in [-0.4, -0.2) is 19.0 Å². The second-order valence-corrected chi connectivity index (χ2v) is 4.30. The van der Waals surface area contributed by atoms with Crippen molar-refractivity contribution in [2.75, 3.05) is 13.1 Å². The summed E-state index contributed by atoms with van der Waals surface area (Å²) in [7, 11) is 0. The van der Waals surface area contributed by atoms with E-state index in [1.54, 1.807) is 0 Å². The summed E-state index contributed by atoms with van der Waals surface area (Å²) in [5.41, 5.74) is 5.68. The molecule has 106 valence electrons. The van der Waals surface area contributed by atoms with E-state index >= 15 is 0 Å². The number of carbonyl (C=O) groups excluding carboxylic acids is 1. The molecular formula is C13H17F3N2O. The van der Waals surface area contributed by atoms with Gasteiger partial charge in [0.1, 0.15) is 0 Å². The summed E-state index contributed by atoms with van der Waals surface area (Å²) < 4.78 is 38.9. The van der Waals surface area contributed by atoms with E-state index in [2.05, 4.69) is 5.32 Å². The van der Waals surface area contributed by atoms with E-state index in [9.17, 15) is 18.0 Å². The summed E-state index contributed by atoms with van der Waals surface area (Å²) in [5, 5.41) is 2.66. The molecule has 19 heavy (non-hydrogen) atoms. The Morgan fingerprint density at radius 2 is 1.89 bits per heavy atom. The first-order valence-corrected chi connectivity index (χ1v) is 6.10. The Bertz CT molecular complexity index is 429. The molecule has 0 heterocycles. The van der Waals surface area contributed by atoms with Gasteiger partial charge in [-0.2, -0.15) is 0 Å². The highest BCUT2D eigenvalue weighted by molar-refractivity contribution is 5.79. The van der Waals surface area contributed by atoms with E-state index in [0.717, 1.165) is 18.6 Å². The summed E-state index contributed by atoms with van der Waals surface area (Å²) in [5.74, 6) is -4.90. The topological polar surface area (TPSA) is 55.1 Å². The Hall–Kier alpha value is -1.56. The predicted octanol–water partition coefficient (Wildman–Crippen LogP) is 1.75. The monoisotopic (exact) mass is 274 g/mol. The average Bonchev–Trinajstić information content (AvgIpc) is 2.39. The molecule has 6 heteroatoms. The fourth-order valence-electron chi connectivity index (χ4n) is 1.69. The van der Waals surface area contributed by atoms with Crippen LogP contribution in [0.1, 0.15) is 18.9 Å². The van der Waals surface area contributed by atoms with Crippen molar-refractivity contribution in [3.05, 3.63) is 35.1 Å². The molecule has 1 amide bonds. The number of nitrogens with two attached hydrogens (primary N) is 1. The highest BCUT2D eigenvalue weighted by Gasteiger charge is 2.19. The summed E-state index contributed by atoms with van der Waals surface area (Å²) >= 11 is 0. The second-order valence-electron chi connectivity index (χ2n) is 4.30. The summed E-state index contributed by atoms with van der Waals surface area (Å²) in [6.45, 7) is 2.47. The summed E-state index contributed by atoms with van der Waals surface area (Å²) in [6, 6.07) is 1.77. The Labute approximate surface area is 110 Å². The van der Waals surface area contributed by atoms with Crippen LogP contribution in [-0.2, 0) is 11.2 Å². The number of halogens is 3. The molecule has 0 saturated carbocycles. The van der Waals surface area contributed by atoms with Gasteiger partial charge in [0.2, 0.25) is 5.91 Å². The van der Waals surface area contributed by atoms with Gasteiger partial charge in [0.05, 0.1) is 5.92 Å². The van der Waals surface area contributed by atoms with Crippen LogP contribution in [0.15, 0.2) is 12.1 Å². The molecular weight excluding hydrogens is 257 g/mol. The average molecular weight is 274 g/mol. The zero-order valence-corrected chi connectivity index (χ0v) is 10.7. The van der Waals surface area contributed by atoms with E-state index in [1.165, 1.54) is 0 Å². The van der Waals surface area contributed by atoms with Crippen LogP contribution in [0.4, 0.5) is 13.2 Å². The van der Waals surface area contributed by atoms with Crippen LogP contribution in [0.2, 0.25) is 0 Å². The lowest BCUT2D eigenvalue weighted by molar-refractivity contribution is -0.124. The van der Waals surface area contributed by atoms with Crippen molar-refractivity contribution in [3.8, 4) is 0 Å². The molecule has 3 nitrogen and oxygen atoms in total. The first kappa shape index (κ1) is 15.5. The minimum absolute atomic E-state index is 0.0517. The van der Waals surface area contributed by atoms with E-state index in [4.69, 9.17) is 5.73 Å². The Balaban J connectivity index is 2.78. The summed E-state index contributed by atoms with van der Waals surface area (Å²) in [4.78, 5) is 11.7. The molecule has 0 aliphatic heterocycles. The number of hydrogen-bond donors (Lipinski definition) is 2. The van der Waals surface area contributed by atoms with Gasteiger partial charge in [-0.1, -0.05) is 6.92 Å². The number of nitrogens with one attached hydrogen (secondary N) is 1. The molecule has 0 fully saturated rings. The van der Waals surface area contributed by atoms with Crippen LogP contribution in [0.5, 0.6) is 0 Å². The van der Waals surface area contributed by atoms with Crippen molar-refractivity contribution in [2.24, 2.45) is 11.7 Å². The number of amides is 1. The quantitative estimate of drug-likeness (QED) is 0.776. The molecule has 0 saturated heterocycles. The molecule has 1 unspecified atom stereocenters. The second kappa shape index (κ2) is 7.13. The van der Waals surface area contributed by atoms with Crippen molar-refractivity contribution >= 4 is 5.91 Å². The molecule has 1 aromatic rings. The molecule has 3 N–H and O–H groups in total. The molecule has 0 aliphatic carbocycles. The Morgan fingerprint density at radius 3 is 2.37 bits per heavy atom. The molecule has 0 aromatic heterocycles. The van der Waals surface area contributed by atoms with E-state index in [1.807, 2.05) is 6.92 Å². The molecule has 0 bridgehead atoms. The highest BCUT2D eigenvalue weighted by Crippen LogP contribution is 2.16. The highest BCUT2D eigenvalue weighted by atomic mass is 19.2. The maximum Gasteiger partial charge on any atom is 0.224 e. The third-order valence-corrected chi connectivity index (χ3v) is 2.73. The van der Waals surface area contributed by atoms with Gasteiger partial charge in [-0.15, -0.1) is 0 Å². The van der Waals surface area contributed by atoms with Gasteiger partial charge < -0.3 is 11.1 Å². The van der Waals surface area contributed by atoms with Gasteiger partial charge in [0.25, 0.3) is 0 Å².